The lowest BCUT2D eigenvalue weighted by Gasteiger charge is -2.11. The fraction of sp³-hybridized carbons (Fsp3) is 0.500. The number of carbonyl (C=O) groups is 3. The van der Waals surface area contributed by atoms with E-state index in [-0.39, 0.29) is 30.1 Å². The van der Waals surface area contributed by atoms with Crippen LogP contribution in [0.15, 0.2) is 5.38 Å². The van der Waals surface area contributed by atoms with Crippen molar-refractivity contribution in [1.82, 2.24) is 4.98 Å². The average Bonchev–Trinajstić information content (AvgIpc) is 3.00. The second kappa shape index (κ2) is 4.41. The molecule has 6 nitrogen and oxygen atoms in total. The lowest BCUT2D eigenvalue weighted by molar-refractivity contribution is -0.136. The van der Waals surface area contributed by atoms with Crippen LogP contribution >= 0.6 is 11.3 Å². The van der Waals surface area contributed by atoms with Crippen LogP contribution < -0.4 is 4.90 Å². The van der Waals surface area contributed by atoms with Crippen molar-refractivity contribution in [3.8, 4) is 0 Å². The zero-order valence-corrected chi connectivity index (χ0v) is 10.9. The third-order valence-corrected chi connectivity index (χ3v) is 4.53. The highest BCUT2D eigenvalue weighted by Gasteiger charge is 2.51. The summed E-state index contributed by atoms with van der Waals surface area (Å²) >= 11 is 1.14. The topological polar surface area (TPSA) is 87.6 Å². The molecule has 0 spiro atoms. The number of nitrogens with zero attached hydrogens (tertiary/aromatic N) is 2. The first-order valence-corrected chi connectivity index (χ1v) is 7.00. The Labute approximate surface area is 113 Å². The number of carbonyl (C=O) groups excluding carboxylic acids is 2. The number of anilines is 1. The van der Waals surface area contributed by atoms with E-state index in [2.05, 4.69) is 4.98 Å². The van der Waals surface area contributed by atoms with Gasteiger partial charge in [0.25, 0.3) is 0 Å². The van der Waals surface area contributed by atoms with E-state index in [0.717, 1.165) is 35.5 Å². The van der Waals surface area contributed by atoms with Crippen LogP contribution in [0.5, 0.6) is 0 Å². The first-order chi connectivity index (χ1) is 9.08. The van der Waals surface area contributed by atoms with E-state index in [1.807, 2.05) is 0 Å². The monoisotopic (exact) mass is 280 g/mol. The first kappa shape index (κ1) is 12.3. The van der Waals surface area contributed by atoms with E-state index in [0.29, 0.717) is 10.8 Å². The summed E-state index contributed by atoms with van der Waals surface area (Å²) in [5.41, 5.74) is 0.380. The highest BCUT2D eigenvalue weighted by molar-refractivity contribution is 7.14. The van der Waals surface area contributed by atoms with Gasteiger partial charge >= 0.3 is 5.97 Å². The van der Waals surface area contributed by atoms with Gasteiger partial charge in [0.05, 0.1) is 24.0 Å². The van der Waals surface area contributed by atoms with E-state index in [9.17, 15) is 14.4 Å². The predicted octanol–water partition coefficient (Wildman–Crippen LogP) is 1.06. The molecule has 0 bridgehead atoms. The van der Waals surface area contributed by atoms with Crippen LogP contribution in [-0.4, -0.2) is 27.9 Å². The Bertz CT molecular complexity index is 546. The number of thiazole rings is 1. The number of carboxylic acid groups (broad SMARTS) is 1. The van der Waals surface area contributed by atoms with Gasteiger partial charge in [-0.05, 0) is 12.8 Å². The molecular weight excluding hydrogens is 268 g/mol. The largest absolute Gasteiger partial charge is 0.481 e. The second-order valence-corrected chi connectivity index (χ2v) is 5.68. The van der Waals surface area contributed by atoms with Gasteiger partial charge in [-0.25, -0.2) is 9.88 Å². The fourth-order valence-corrected chi connectivity index (χ4v) is 3.65. The molecular formula is C12H12N2O4S. The van der Waals surface area contributed by atoms with Gasteiger partial charge in [-0.1, -0.05) is 6.42 Å². The summed E-state index contributed by atoms with van der Waals surface area (Å²) in [6.07, 6.45) is 2.25. The molecule has 1 saturated carbocycles. The smallest absolute Gasteiger partial charge is 0.309 e. The zero-order valence-electron chi connectivity index (χ0n) is 10.0. The molecule has 2 heterocycles. The van der Waals surface area contributed by atoms with Crippen LogP contribution in [0.4, 0.5) is 5.13 Å². The Balaban J connectivity index is 1.86. The van der Waals surface area contributed by atoms with Crippen molar-refractivity contribution in [3.05, 3.63) is 11.1 Å². The number of carboxylic acids is 1. The summed E-state index contributed by atoms with van der Waals surface area (Å²) in [7, 11) is 0. The summed E-state index contributed by atoms with van der Waals surface area (Å²) in [4.78, 5) is 40.2. The number of amides is 2. The molecule has 2 aliphatic rings. The molecule has 0 aromatic carbocycles. The molecule has 0 radical (unpaired) electrons. The van der Waals surface area contributed by atoms with Crippen molar-refractivity contribution in [1.29, 1.82) is 0 Å². The molecule has 2 atom stereocenters. The summed E-state index contributed by atoms with van der Waals surface area (Å²) < 4.78 is 0. The maximum atomic E-state index is 12.2. The summed E-state index contributed by atoms with van der Waals surface area (Å²) in [5.74, 6) is -1.72. The molecule has 2 fully saturated rings. The molecule has 7 heteroatoms. The van der Waals surface area contributed by atoms with E-state index < -0.39 is 5.97 Å². The minimum Gasteiger partial charge on any atom is -0.481 e. The molecule has 2 unspecified atom stereocenters. The van der Waals surface area contributed by atoms with Crippen molar-refractivity contribution >= 4 is 34.3 Å². The van der Waals surface area contributed by atoms with E-state index in [1.165, 1.54) is 0 Å². The molecule has 1 aromatic heterocycles. The van der Waals surface area contributed by atoms with Crippen molar-refractivity contribution in [2.45, 2.75) is 25.7 Å². The molecule has 2 amide bonds. The maximum absolute atomic E-state index is 12.2. The van der Waals surface area contributed by atoms with Crippen molar-refractivity contribution in [2.24, 2.45) is 11.8 Å². The Morgan fingerprint density at radius 3 is 2.58 bits per heavy atom. The molecule has 100 valence electrons. The zero-order chi connectivity index (χ0) is 13.6. The van der Waals surface area contributed by atoms with Crippen molar-refractivity contribution < 1.29 is 19.5 Å². The molecule has 1 aromatic rings. The number of aliphatic carboxylic acids is 1. The highest BCUT2D eigenvalue weighted by atomic mass is 32.1. The van der Waals surface area contributed by atoms with Crippen LogP contribution in [0.1, 0.15) is 25.0 Å². The number of hydrogen-bond acceptors (Lipinski definition) is 5. The van der Waals surface area contributed by atoms with Gasteiger partial charge in [0.1, 0.15) is 0 Å². The summed E-state index contributed by atoms with van der Waals surface area (Å²) in [6.45, 7) is 0. The van der Waals surface area contributed by atoms with Gasteiger partial charge in [-0.3, -0.25) is 14.4 Å². The molecule has 19 heavy (non-hydrogen) atoms. The van der Waals surface area contributed by atoms with Gasteiger partial charge in [0.2, 0.25) is 11.8 Å². The highest BCUT2D eigenvalue weighted by Crippen LogP contribution is 2.42. The third-order valence-electron chi connectivity index (χ3n) is 3.65. The van der Waals surface area contributed by atoms with Gasteiger partial charge in [-0.2, -0.15) is 0 Å². The molecule has 1 aliphatic heterocycles. The van der Waals surface area contributed by atoms with E-state index in [4.69, 9.17) is 5.11 Å². The number of rotatable bonds is 3. The van der Waals surface area contributed by atoms with Crippen molar-refractivity contribution in [2.75, 3.05) is 4.90 Å². The lowest BCUT2D eigenvalue weighted by Crippen LogP contribution is -2.31. The third kappa shape index (κ3) is 1.94. The molecule has 1 saturated heterocycles. The molecule has 1 N–H and O–H groups in total. The lowest BCUT2D eigenvalue weighted by atomic mass is 10.00. The van der Waals surface area contributed by atoms with E-state index >= 15 is 0 Å². The van der Waals surface area contributed by atoms with Crippen LogP contribution in [0, 0.1) is 11.8 Å². The van der Waals surface area contributed by atoms with Gasteiger partial charge < -0.3 is 5.11 Å². The van der Waals surface area contributed by atoms with Crippen LogP contribution in [-0.2, 0) is 20.8 Å². The van der Waals surface area contributed by atoms with Crippen molar-refractivity contribution in [3.63, 3.8) is 0 Å². The minimum absolute atomic E-state index is 0.177. The Morgan fingerprint density at radius 1 is 1.37 bits per heavy atom. The average molecular weight is 280 g/mol. The van der Waals surface area contributed by atoms with Gasteiger partial charge in [0.15, 0.2) is 5.13 Å². The van der Waals surface area contributed by atoms with Gasteiger partial charge in [-0.15, -0.1) is 11.3 Å². The number of hydrogen-bond donors (Lipinski definition) is 1. The number of aromatic nitrogens is 1. The van der Waals surface area contributed by atoms with E-state index in [1.54, 1.807) is 5.38 Å². The minimum atomic E-state index is -0.979. The molecule has 1 aliphatic carbocycles. The Morgan fingerprint density at radius 2 is 2.00 bits per heavy atom. The first-order valence-electron chi connectivity index (χ1n) is 6.12. The Hall–Kier alpha value is -1.76. The fourth-order valence-electron chi connectivity index (χ4n) is 2.82. The van der Waals surface area contributed by atoms with Crippen LogP contribution in [0.3, 0.4) is 0 Å². The number of imide groups is 1. The standard InChI is InChI=1S/C12H12N2O4S/c15-9(16)4-6-5-19-12(13-6)14-10(17)7-2-1-3-8(7)11(14)18/h5,7-8H,1-4H2,(H,15,16). The molecule has 3 rings (SSSR count). The number of fused-ring (bicyclic) bond motifs is 1. The maximum Gasteiger partial charge on any atom is 0.309 e. The van der Waals surface area contributed by atoms with Crippen LogP contribution in [0.25, 0.3) is 0 Å². The summed E-state index contributed by atoms with van der Waals surface area (Å²) in [5, 5.41) is 10.6. The van der Waals surface area contributed by atoms with Gasteiger partial charge in [0, 0.05) is 5.38 Å². The SMILES string of the molecule is O=C(O)Cc1csc(N2C(=O)C3CCCC3C2=O)n1. The second-order valence-electron chi connectivity index (χ2n) is 4.85. The Kier molecular flexibility index (Phi) is 2.85. The normalized spacial score (nSPS) is 26.0. The summed E-state index contributed by atoms with van der Waals surface area (Å²) in [6, 6.07) is 0. The quantitative estimate of drug-likeness (QED) is 0.836. The predicted molar refractivity (Wildman–Crippen MR) is 66.8 cm³/mol. The van der Waals surface area contributed by atoms with Crippen LogP contribution in [0.2, 0.25) is 0 Å².